The molecule has 2 heteroatoms. The summed E-state index contributed by atoms with van der Waals surface area (Å²) in [5, 5.41) is 0. The smallest absolute Gasteiger partial charge is 0.0592 e. The summed E-state index contributed by atoms with van der Waals surface area (Å²) in [6.07, 6.45) is 9.16. The lowest BCUT2D eigenvalue weighted by atomic mass is 10.0. The van der Waals surface area contributed by atoms with Gasteiger partial charge < -0.3 is 10.5 Å². The van der Waals surface area contributed by atoms with Gasteiger partial charge in [-0.15, -0.1) is 0 Å². The van der Waals surface area contributed by atoms with E-state index in [2.05, 4.69) is 0 Å². The van der Waals surface area contributed by atoms with Crippen molar-refractivity contribution in [3.05, 3.63) is 0 Å². The molecule has 1 saturated heterocycles. The summed E-state index contributed by atoms with van der Waals surface area (Å²) in [6, 6.07) is 0. The highest BCUT2D eigenvalue weighted by molar-refractivity contribution is 5.00. The van der Waals surface area contributed by atoms with Gasteiger partial charge >= 0.3 is 0 Å². The van der Waals surface area contributed by atoms with Crippen LogP contribution in [0.2, 0.25) is 0 Å². The Morgan fingerprint density at radius 1 is 1.25 bits per heavy atom. The van der Waals surface area contributed by atoms with E-state index in [-0.39, 0.29) is 5.54 Å². The summed E-state index contributed by atoms with van der Waals surface area (Å²) in [6.45, 7) is 0.959. The van der Waals surface area contributed by atoms with Crippen LogP contribution in [0.1, 0.15) is 44.9 Å². The monoisotopic (exact) mass is 169 g/mol. The predicted molar refractivity (Wildman–Crippen MR) is 49.0 cm³/mol. The Morgan fingerprint density at radius 3 is 2.83 bits per heavy atom. The van der Waals surface area contributed by atoms with Crippen molar-refractivity contribution < 1.29 is 4.74 Å². The van der Waals surface area contributed by atoms with Gasteiger partial charge in [0.1, 0.15) is 0 Å². The SMILES string of the molecule is NC1(CC2CCCCCO2)CC1. The Hall–Kier alpha value is -0.0800. The summed E-state index contributed by atoms with van der Waals surface area (Å²) < 4.78 is 5.74. The average Bonchev–Trinajstić information content (AvgIpc) is 2.78. The second-order valence-corrected chi connectivity index (χ2v) is 4.41. The van der Waals surface area contributed by atoms with Crippen LogP contribution in [-0.4, -0.2) is 18.2 Å². The van der Waals surface area contributed by atoms with Gasteiger partial charge in [-0.05, 0) is 32.1 Å². The largest absolute Gasteiger partial charge is 0.378 e. The van der Waals surface area contributed by atoms with E-state index in [0.29, 0.717) is 6.10 Å². The number of nitrogens with two attached hydrogens (primary N) is 1. The fraction of sp³-hybridized carbons (Fsp3) is 1.00. The van der Waals surface area contributed by atoms with Crippen molar-refractivity contribution in [1.82, 2.24) is 0 Å². The van der Waals surface area contributed by atoms with Crippen LogP contribution >= 0.6 is 0 Å². The van der Waals surface area contributed by atoms with E-state index in [9.17, 15) is 0 Å². The highest BCUT2D eigenvalue weighted by Gasteiger charge is 2.40. The Morgan fingerprint density at radius 2 is 2.08 bits per heavy atom. The van der Waals surface area contributed by atoms with Gasteiger partial charge in [-0.1, -0.05) is 12.8 Å². The molecule has 0 radical (unpaired) electrons. The van der Waals surface area contributed by atoms with Gasteiger partial charge in [0.25, 0.3) is 0 Å². The van der Waals surface area contributed by atoms with E-state index in [1.807, 2.05) is 0 Å². The van der Waals surface area contributed by atoms with Crippen LogP contribution in [0.5, 0.6) is 0 Å². The first kappa shape index (κ1) is 8.52. The zero-order valence-electron chi connectivity index (χ0n) is 7.72. The molecule has 12 heavy (non-hydrogen) atoms. The molecule has 2 fully saturated rings. The highest BCUT2D eigenvalue weighted by atomic mass is 16.5. The van der Waals surface area contributed by atoms with Crippen LogP contribution < -0.4 is 5.73 Å². The molecule has 2 aliphatic rings. The minimum absolute atomic E-state index is 0.176. The molecule has 1 unspecified atom stereocenters. The van der Waals surface area contributed by atoms with E-state index >= 15 is 0 Å². The van der Waals surface area contributed by atoms with Crippen molar-refractivity contribution in [2.24, 2.45) is 5.73 Å². The molecule has 1 saturated carbocycles. The van der Waals surface area contributed by atoms with Crippen LogP contribution in [0, 0.1) is 0 Å². The number of rotatable bonds is 2. The van der Waals surface area contributed by atoms with Crippen molar-refractivity contribution in [1.29, 1.82) is 0 Å². The summed E-state index contributed by atoms with van der Waals surface area (Å²) in [5.74, 6) is 0. The molecule has 2 rings (SSSR count). The summed E-state index contributed by atoms with van der Waals surface area (Å²) in [4.78, 5) is 0. The molecule has 0 spiro atoms. The lowest BCUT2D eigenvalue weighted by Crippen LogP contribution is -2.29. The molecule has 2 nitrogen and oxygen atoms in total. The lowest BCUT2D eigenvalue weighted by Gasteiger charge is -2.18. The van der Waals surface area contributed by atoms with Crippen molar-refractivity contribution >= 4 is 0 Å². The van der Waals surface area contributed by atoms with Crippen LogP contribution in [0.4, 0.5) is 0 Å². The van der Waals surface area contributed by atoms with E-state index in [4.69, 9.17) is 10.5 Å². The number of hydrogen-bond acceptors (Lipinski definition) is 2. The normalized spacial score (nSPS) is 34.2. The van der Waals surface area contributed by atoms with Crippen molar-refractivity contribution in [3.63, 3.8) is 0 Å². The molecule has 0 aromatic heterocycles. The molecule has 0 amide bonds. The molecule has 70 valence electrons. The fourth-order valence-corrected chi connectivity index (χ4v) is 1.96. The molecule has 0 aromatic carbocycles. The van der Waals surface area contributed by atoms with E-state index in [1.54, 1.807) is 0 Å². The highest BCUT2D eigenvalue weighted by Crippen LogP contribution is 2.38. The number of hydrogen-bond donors (Lipinski definition) is 1. The summed E-state index contributed by atoms with van der Waals surface area (Å²) in [7, 11) is 0. The molecule has 1 heterocycles. The standard InChI is InChI=1S/C10H19NO/c11-10(5-6-10)8-9-4-2-1-3-7-12-9/h9H,1-8,11H2. The molecular formula is C10H19NO. The second-order valence-electron chi connectivity index (χ2n) is 4.41. The van der Waals surface area contributed by atoms with Crippen molar-refractivity contribution in [2.75, 3.05) is 6.61 Å². The van der Waals surface area contributed by atoms with Gasteiger partial charge in [-0.2, -0.15) is 0 Å². The minimum atomic E-state index is 0.176. The molecular weight excluding hydrogens is 150 g/mol. The summed E-state index contributed by atoms with van der Waals surface area (Å²) >= 11 is 0. The molecule has 1 aliphatic heterocycles. The third kappa shape index (κ3) is 2.20. The zero-order chi connectivity index (χ0) is 8.44. The average molecular weight is 169 g/mol. The van der Waals surface area contributed by atoms with Crippen LogP contribution in [0.25, 0.3) is 0 Å². The quantitative estimate of drug-likeness (QED) is 0.684. The maximum absolute atomic E-state index is 6.05. The Labute approximate surface area is 74.5 Å². The van der Waals surface area contributed by atoms with Crippen molar-refractivity contribution in [3.8, 4) is 0 Å². The van der Waals surface area contributed by atoms with Crippen LogP contribution in [0.15, 0.2) is 0 Å². The van der Waals surface area contributed by atoms with E-state index in [0.717, 1.165) is 13.0 Å². The van der Waals surface area contributed by atoms with Crippen LogP contribution in [0.3, 0.4) is 0 Å². The number of ether oxygens (including phenoxy) is 1. The molecule has 0 aromatic rings. The maximum atomic E-state index is 6.05. The zero-order valence-corrected chi connectivity index (χ0v) is 7.72. The van der Waals surface area contributed by atoms with Gasteiger partial charge in [0.15, 0.2) is 0 Å². The first-order valence-corrected chi connectivity index (χ1v) is 5.19. The third-order valence-corrected chi connectivity index (χ3v) is 3.05. The van der Waals surface area contributed by atoms with Gasteiger partial charge in [0, 0.05) is 12.1 Å². The molecule has 2 N–H and O–H groups in total. The van der Waals surface area contributed by atoms with Gasteiger partial charge in [-0.25, -0.2) is 0 Å². The van der Waals surface area contributed by atoms with Crippen molar-refractivity contribution in [2.45, 2.75) is 56.6 Å². The first-order chi connectivity index (χ1) is 5.79. The third-order valence-electron chi connectivity index (χ3n) is 3.05. The summed E-state index contributed by atoms with van der Waals surface area (Å²) in [5.41, 5.74) is 6.22. The second kappa shape index (κ2) is 3.35. The minimum Gasteiger partial charge on any atom is -0.378 e. The first-order valence-electron chi connectivity index (χ1n) is 5.19. The van der Waals surface area contributed by atoms with E-state index < -0.39 is 0 Å². The topological polar surface area (TPSA) is 35.2 Å². The van der Waals surface area contributed by atoms with Gasteiger partial charge in [0.2, 0.25) is 0 Å². The molecule has 1 atom stereocenters. The van der Waals surface area contributed by atoms with Gasteiger partial charge in [0.05, 0.1) is 6.10 Å². The fourth-order valence-electron chi connectivity index (χ4n) is 1.96. The lowest BCUT2D eigenvalue weighted by molar-refractivity contribution is 0.0462. The van der Waals surface area contributed by atoms with Gasteiger partial charge in [-0.3, -0.25) is 0 Å². The Kier molecular flexibility index (Phi) is 2.37. The predicted octanol–water partition coefficient (Wildman–Crippen LogP) is 1.83. The Balaban J connectivity index is 1.77. The molecule has 0 bridgehead atoms. The van der Waals surface area contributed by atoms with E-state index in [1.165, 1.54) is 38.5 Å². The maximum Gasteiger partial charge on any atom is 0.0592 e. The van der Waals surface area contributed by atoms with Crippen LogP contribution in [-0.2, 0) is 4.74 Å². The Bertz CT molecular complexity index is 146. The molecule has 1 aliphatic carbocycles.